The molecule has 0 unspecified atom stereocenters. The largest absolute Gasteiger partial charge is 0.481 e. The van der Waals surface area contributed by atoms with Gasteiger partial charge < -0.3 is 10.0 Å². The Bertz CT molecular complexity index is 494. The number of amides is 1. The molecule has 0 aliphatic heterocycles. The van der Waals surface area contributed by atoms with E-state index in [-0.39, 0.29) is 17.7 Å². The molecule has 0 saturated heterocycles. The lowest BCUT2D eigenvalue weighted by atomic mass is 9.81. The maximum absolute atomic E-state index is 12.4. The molecule has 0 spiro atoms. The smallest absolute Gasteiger partial charge is 0.306 e. The van der Waals surface area contributed by atoms with Crippen molar-refractivity contribution in [3.63, 3.8) is 0 Å². The molecule has 1 saturated carbocycles. The highest BCUT2D eigenvalue weighted by molar-refractivity contribution is 9.11. The Morgan fingerprint density at radius 1 is 1.30 bits per heavy atom. The lowest BCUT2D eigenvalue weighted by molar-refractivity contribution is -0.145. The van der Waals surface area contributed by atoms with E-state index >= 15 is 0 Å². The molecule has 1 aliphatic rings. The predicted molar refractivity (Wildman–Crippen MR) is 81.6 cm³/mol. The third-order valence-electron chi connectivity index (χ3n) is 3.82. The molecule has 1 aromatic heterocycles. The molecule has 110 valence electrons. The quantitative estimate of drug-likeness (QED) is 0.896. The average Bonchev–Trinajstić information content (AvgIpc) is 2.83. The van der Waals surface area contributed by atoms with E-state index in [2.05, 4.69) is 15.9 Å². The summed E-state index contributed by atoms with van der Waals surface area (Å²) in [6.07, 6.45) is 2.61. The van der Waals surface area contributed by atoms with Crippen molar-refractivity contribution in [1.29, 1.82) is 0 Å². The van der Waals surface area contributed by atoms with Gasteiger partial charge in [0, 0.05) is 17.8 Å². The SMILES string of the molecule is CN(Cc1ccc(Br)s1)C(=O)C1CCC(C(=O)O)CC1. The summed E-state index contributed by atoms with van der Waals surface area (Å²) in [5.74, 6) is -0.873. The highest BCUT2D eigenvalue weighted by atomic mass is 79.9. The summed E-state index contributed by atoms with van der Waals surface area (Å²) in [6, 6.07) is 4.00. The van der Waals surface area contributed by atoms with Crippen LogP contribution in [-0.4, -0.2) is 28.9 Å². The summed E-state index contributed by atoms with van der Waals surface area (Å²) in [5, 5.41) is 8.97. The molecule has 0 bridgehead atoms. The number of aliphatic carboxylic acids is 1. The molecule has 1 amide bonds. The van der Waals surface area contributed by atoms with Crippen LogP contribution in [0.25, 0.3) is 0 Å². The Kier molecular flexibility index (Phi) is 5.21. The van der Waals surface area contributed by atoms with E-state index in [4.69, 9.17) is 5.11 Å². The topological polar surface area (TPSA) is 57.6 Å². The summed E-state index contributed by atoms with van der Waals surface area (Å²) < 4.78 is 1.07. The second-order valence-corrected chi connectivity index (χ2v) is 7.83. The van der Waals surface area contributed by atoms with Gasteiger partial charge >= 0.3 is 5.97 Å². The second kappa shape index (κ2) is 6.72. The van der Waals surface area contributed by atoms with E-state index in [9.17, 15) is 9.59 Å². The molecular formula is C14H18BrNO3S. The minimum absolute atomic E-state index is 0.0148. The molecule has 1 heterocycles. The van der Waals surface area contributed by atoms with Crippen LogP contribution in [0.5, 0.6) is 0 Å². The molecule has 1 fully saturated rings. The first-order chi connectivity index (χ1) is 9.47. The minimum Gasteiger partial charge on any atom is -0.481 e. The Morgan fingerprint density at radius 3 is 2.40 bits per heavy atom. The average molecular weight is 360 g/mol. The van der Waals surface area contributed by atoms with Crippen LogP contribution in [0.4, 0.5) is 0 Å². The fourth-order valence-electron chi connectivity index (χ4n) is 2.65. The Morgan fingerprint density at radius 2 is 1.90 bits per heavy atom. The van der Waals surface area contributed by atoms with Crippen molar-refractivity contribution in [3.8, 4) is 0 Å². The van der Waals surface area contributed by atoms with Gasteiger partial charge in [0.25, 0.3) is 0 Å². The number of carboxylic acid groups (broad SMARTS) is 1. The zero-order valence-corrected chi connectivity index (χ0v) is 13.7. The van der Waals surface area contributed by atoms with E-state index in [1.54, 1.807) is 16.2 Å². The molecule has 0 atom stereocenters. The van der Waals surface area contributed by atoms with Gasteiger partial charge in [-0.2, -0.15) is 0 Å². The number of thiophene rings is 1. The lowest BCUT2D eigenvalue weighted by Gasteiger charge is -2.28. The molecular weight excluding hydrogens is 342 g/mol. The van der Waals surface area contributed by atoms with Crippen molar-refractivity contribution in [2.45, 2.75) is 32.2 Å². The van der Waals surface area contributed by atoms with Gasteiger partial charge in [-0.15, -0.1) is 11.3 Å². The second-order valence-electron chi connectivity index (χ2n) is 5.29. The van der Waals surface area contributed by atoms with E-state index < -0.39 is 5.97 Å². The van der Waals surface area contributed by atoms with Crippen molar-refractivity contribution < 1.29 is 14.7 Å². The van der Waals surface area contributed by atoms with Gasteiger partial charge in [0.2, 0.25) is 5.91 Å². The number of nitrogens with zero attached hydrogens (tertiary/aromatic N) is 1. The Hall–Kier alpha value is -0.880. The first kappa shape index (κ1) is 15.5. The van der Waals surface area contributed by atoms with Crippen molar-refractivity contribution in [2.75, 3.05) is 7.05 Å². The molecule has 1 N–H and O–H groups in total. The van der Waals surface area contributed by atoms with Crippen LogP contribution in [-0.2, 0) is 16.1 Å². The number of rotatable bonds is 4. The van der Waals surface area contributed by atoms with Crippen molar-refractivity contribution in [2.24, 2.45) is 11.8 Å². The Labute approximate surface area is 130 Å². The van der Waals surface area contributed by atoms with Gasteiger partial charge in [-0.1, -0.05) is 0 Å². The summed E-state index contributed by atoms with van der Waals surface area (Å²) in [5.41, 5.74) is 0. The summed E-state index contributed by atoms with van der Waals surface area (Å²) in [6.45, 7) is 0.619. The molecule has 1 aromatic rings. The van der Waals surface area contributed by atoms with Crippen LogP contribution in [0.15, 0.2) is 15.9 Å². The number of carbonyl (C=O) groups is 2. The first-order valence-corrected chi connectivity index (χ1v) is 8.30. The lowest BCUT2D eigenvalue weighted by Crippen LogP contribution is -2.35. The van der Waals surface area contributed by atoms with Crippen LogP contribution in [0.1, 0.15) is 30.6 Å². The molecule has 1 aliphatic carbocycles. The summed E-state index contributed by atoms with van der Waals surface area (Å²) in [7, 11) is 1.82. The number of hydrogen-bond donors (Lipinski definition) is 1. The number of halogens is 1. The minimum atomic E-state index is -0.729. The normalized spacial score (nSPS) is 22.5. The maximum atomic E-state index is 12.4. The fourth-order valence-corrected chi connectivity index (χ4v) is 4.18. The van der Waals surface area contributed by atoms with Crippen molar-refractivity contribution >= 4 is 39.1 Å². The first-order valence-electron chi connectivity index (χ1n) is 6.69. The van der Waals surface area contributed by atoms with E-state index in [0.29, 0.717) is 32.2 Å². The number of carboxylic acids is 1. The van der Waals surface area contributed by atoms with Gasteiger partial charge in [-0.25, -0.2) is 0 Å². The highest BCUT2D eigenvalue weighted by Gasteiger charge is 2.31. The van der Waals surface area contributed by atoms with Crippen LogP contribution in [0.2, 0.25) is 0 Å². The van der Waals surface area contributed by atoms with E-state index in [0.717, 1.165) is 8.66 Å². The van der Waals surface area contributed by atoms with Crippen LogP contribution >= 0.6 is 27.3 Å². The molecule has 2 rings (SSSR count). The van der Waals surface area contributed by atoms with Crippen LogP contribution < -0.4 is 0 Å². The van der Waals surface area contributed by atoms with Crippen LogP contribution in [0.3, 0.4) is 0 Å². The third kappa shape index (κ3) is 3.82. The number of hydrogen-bond acceptors (Lipinski definition) is 3. The number of carbonyl (C=O) groups excluding carboxylic acids is 1. The summed E-state index contributed by atoms with van der Waals surface area (Å²) >= 11 is 5.04. The van der Waals surface area contributed by atoms with Gasteiger partial charge in [-0.3, -0.25) is 9.59 Å². The van der Waals surface area contributed by atoms with Gasteiger partial charge in [0.15, 0.2) is 0 Å². The molecule has 20 heavy (non-hydrogen) atoms. The molecule has 4 nitrogen and oxygen atoms in total. The van der Waals surface area contributed by atoms with E-state index in [1.807, 2.05) is 19.2 Å². The molecule has 0 radical (unpaired) electrons. The third-order valence-corrected chi connectivity index (χ3v) is 5.43. The standard InChI is InChI=1S/C14H18BrNO3S/c1-16(8-11-6-7-12(15)20-11)13(17)9-2-4-10(5-3-9)14(18)19/h6-7,9-10H,2-5,8H2,1H3,(H,18,19). The van der Waals surface area contributed by atoms with Gasteiger partial charge in [-0.05, 0) is 53.7 Å². The summed E-state index contributed by atoms with van der Waals surface area (Å²) in [4.78, 5) is 26.2. The highest BCUT2D eigenvalue weighted by Crippen LogP contribution is 2.31. The monoisotopic (exact) mass is 359 g/mol. The molecule has 6 heteroatoms. The van der Waals surface area contributed by atoms with Gasteiger partial charge in [0.05, 0.1) is 16.2 Å². The maximum Gasteiger partial charge on any atom is 0.306 e. The van der Waals surface area contributed by atoms with Crippen molar-refractivity contribution in [3.05, 3.63) is 20.8 Å². The van der Waals surface area contributed by atoms with E-state index in [1.165, 1.54) is 0 Å². The zero-order chi connectivity index (χ0) is 14.7. The zero-order valence-electron chi connectivity index (χ0n) is 11.3. The Balaban J connectivity index is 1.86. The molecule has 0 aromatic carbocycles. The fraction of sp³-hybridized carbons (Fsp3) is 0.571. The predicted octanol–water partition coefficient (Wildman–Crippen LogP) is 3.36. The van der Waals surface area contributed by atoms with Crippen molar-refractivity contribution in [1.82, 2.24) is 4.90 Å². The van der Waals surface area contributed by atoms with Crippen LogP contribution in [0, 0.1) is 11.8 Å². The van der Waals surface area contributed by atoms with Gasteiger partial charge in [0.1, 0.15) is 0 Å².